The lowest BCUT2D eigenvalue weighted by molar-refractivity contribution is -0.123. The third-order valence-corrected chi connectivity index (χ3v) is 3.05. The summed E-state index contributed by atoms with van der Waals surface area (Å²) in [5.41, 5.74) is 2.35. The van der Waals surface area contributed by atoms with Gasteiger partial charge in [-0.2, -0.15) is 5.26 Å². The van der Waals surface area contributed by atoms with Crippen LogP contribution in [0.5, 0.6) is 0 Å². The lowest BCUT2D eigenvalue weighted by Crippen LogP contribution is -2.40. The zero-order chi connectivity index (χ0) is 11.5. The molecule has 2 rings (SSSR count). The first-order valence-corrected chi connectivity index (χ1v) is 5.54. The van der Waals surface area contributed by atoms with Crippen LogP contribution >= 0.6 is 0 Å². The molecule has 1 aromatic carbocycles. The largest absolute Gasteiger partial charge is 0.340 e. The lowest BCUT2D eigenvalue weighted by atomic mass is 9.77. The molecule has 2 atom stereocenters. The average molecular weight is 214 g/mol. The Morgan fingerprint density at radius 1 is 1.62 bits per heavy atom. The highest BCUT2D eigenvalue weighted by Gasteiger charge is 2.32. The van der Waals surface area contributed by atoms with E-state index in [1.54, 1.807) is 0 Å². The van der Waals surface area contributed by atoms with E-state index in [1.165, 1.54) is 5.56 Å². The van der Waals surface area contributed by atoms with Crippen LogP contribution in [0.3, 0.4) is 0 Å². The van der Waals surface area contributed by atoms with Gasteiger partial charge in [0.2, 0.25) is 5.91 Å². The fourth-order valence-corrected chi connectivity index (χ4v) is 1.99. The van der Waals surface area contributed by atoms with Gasteiger partial charge in [-0.25, -0.2) is 0 Å². The van der Waals surface area contributed by atoms with Crippen molar-refractivity contribution in [2.24, 2.45) is 0 Å². The Morgan fingerprint density at radius 3 is 3.00 bits per heavy atom. The second-order valence-corrected chi connectivity index (χ2v) is 4.05. The summed E-state index contributed by atoms with van der Waals surface area (Å²) in [4.78, 5) is 11.9. The third kappa shape index (κ3) is 1.79. The monoisotopic (exact) mass is 214 g/mol. The number of hydrogen-bond donors (Lipinski definition) is 1. The molecular weight excluding hydrogens is 200 g/mol. The second-order valence-electron chi connectivity index (χ2n) is 4.05. The van der Waals surface area contributed by atoms with Crippen molar-refractivity contribution in [2.75, 3.05) is 0 Å². The predicted molar refractivity (Wildman–Crippen MR) is 60.7 cm³/mol. The smallest absolute Gasteiger partial charge is 0.228 e. The van der Waals surface area contributed by atoms with Gasteiger partial charge in [-0.1, -0.05) is 31.2 Å². The topological polar surface area (TPSA) is 52.9 Å². The number of benzene rings is 1. The highest BCUT2D eigenvalue weighted by atomic mass is 16.2. The van der Waals surface area contributed by atoms with Crippen molar-refractivity contribution in [3.8, 4) is 6.07 Å². The van der Waals surface area contributed by atoms with Gasteiger partial charge in [0.25, 0.3) is 0 Å². The molecule has 0 aromatic heterocycles. The van der Waals surface area contributed by atoms with Crippen LogP contribution in [-0.2, 0) is 11.2 Å². The fourth-order valence-electron chi connectivity index (χ4n) is 1.99. The van der Waals surface area contributed by atoms with Gasteiger partial charge in [0.15, 0.2) is 0 Å². The van der Waals surface area contributed by atoms with Gasteiger partial charge in [-0.05, 0) is 24.0 Å². The molecule has 0 saturated carbocycles. The first-order chi connectivity index (χ1) is 7.76. The maximum absolute atomic E-state index is 11.9. The minimum atomic E-state index is -0.361. The van der Waals surface area contributed by atoms with E-state index >= 15 is 0 Å². The maximum atomic E-state index is 11.9. The zero-order valence-electron chi connectivity index (χ0n) is 9.23. The van der Waals surface area contributed by atoms with E-state index in [9.17, 15) is 4.79 Å². The maximum Gasteiger partial charge on any atom is 0.228 e. The van der Waals surface area contributed by atoms with E-state index in [-0.39, 0.29) is 17.9 Å². The Hall–Kier alpha value is -1.82. The summed E-state index contributed by atoms with van der Waals surface area (Å²) < 4.78 is 0. The van der Waals surface area contributed by atoms with Crippen molar-refractivity contribution in [3.05, 3.63) is 35.4 Å². The molecule has 1 N–H and O–H groups in total. The van der Waals surface area contributed by atoms with Crippen LogP contribution in [0.15, 0.2) is 24.3 Å². The van der Waals surface area contributed by atoms with Crippen molar-refractivity contribution in [2.45, 2.75) is 31.7 Å². The molecule has 1 aliphatic carbocycles. The van der Waals surface area contributed by atoms with Crippen molar-refractivity contribution in [3.63, 3.8) is 0 Å². The van der Waals surface area contributed by atoms with Crippen LogP contribution in [0.2, 0.25) is 0 Å². The summed E-state index contributed by atoms with van der Waals surface area (Å²) in [5.74, 6) is -0.0781. The predicted octanol–water partition coefficient (Wildman–Crippen LogP) is 1.74. The Labute approximate surface area is 95.1 Å². The van der Waals surface area contributed by atoms with Crippen LogP contribution in [-0.4, -0.2) is 11.9 Å². The SMILES string of the molecule is CCC(C#N)NC(=O)C1Cc2ccccc21. The van der Waals surface area contributed by atoms with E-state index in [0.717, 1.165) is 12.0 Å². The Kier molecular flexibility index (Phi) is 2.91. The van der Waals surface area contributed by atoms with Gasteiger partial charge in [0, 0.05) is 0 Å². The Morgan fingerprint density at radius 2 is 2.38 bits per heavy atom. The van der Waals surface area contributed by atoms with Crippen LogP contribution in [0.4, 0.5) is 0 Å². The van der Waals surface area contributed by atoms with Crippen LogP contribution in [0.1, 0.15) is 30.4 Å². The number of carbonyl (C=O) groups excluding carboxylic acids is 1. The first kappa shape index (κ1) is 10.7. The Bertz CT molecular complexity index is 447. The highest BCUT2D eigenvalue weighted by Crippen LogP contribution is 2.34. The molecule has 3 heteroatoms. The molecule has 1 amide bonds. The standard InChI is InChI=1S/C13H14N2O/c1-2-10(8-14)15-13(16)12-7-9-5-3-4-6-11(9)12/h3-6,10,12H,2,7H2,1H3,(H,15,16). The Balaban J connectivity index is 2.02. The first-order valence-electron chi connectivity index (χ1n) is 5.54. The van der Waals surface area contributed by atoms with Crippen LogP contribution in [0, 0.1) is 11.3 Å². The number of fused-ring (bicyclic) bond motifs is 1. The molecule has 3 nitrogen and oxygen atoms in total. The van der Waals surface area contributed by atoms with Gasteiger partial charge in [-0.15, -0.1) is 0 Å². The number of hydrogen-bond acceptors (Lipinski definition) is 2. The minimum absolute atomic E-state index is 0.0212. The molecule has 16 heavy (non-hydrogen) atoms. The summed E-state index contributed by atoms with van der Waals surface area (Å²) in [6, 6.07) is 9.67. The number of nitrogens with one attached hydrogen (secondary N) is 1. The summed E-state index contributed by atoms with van der Waals surface area (Å²) in [6.45, 7) is 1.89. The quantitative estimate of drug-likeness (QED) is 0.833. The van der Waals surface area contributed by atoms with Gasteiger partial charge in [0.05, 0.1) is 12.0 Å². The minimum Gasteiger partial charge on any atom is -0.340 e. The van der Waals surface area contributed by atoms with E-state index in [0.29, 0.717) is 6.42 Å². The molecular formula is C13H14N2O. The van der Waals surface area contributed by atoms with Crippen molar-refractivity contribution in [1.29, 1.82) is 5.26 Å². The average Bonchev–Trinajstić information content (AvgIpc) is 2.27. The molecule has 82 valence electrons. The number of amides is 1. The van der Waals surface area contributed by atoms with E-state index in [4.69, 9.17) is 5.26 Å². The lowest BCUT2D eigenvalue weighted by Gasteiger charge is -2.29. The molecule has 0 bridgehead atoms. The summed E-state index contributed by atoms with van der Waals surface area (Å²) in [7, 11) is 0. The summed E-state index contributed by atoms with van der Waals surface area (Å²) in [5, 5.41) is 11.5. The number of carbonyl (C=O) groups is 1. The van der Waals surface area contributed by atoms with Crippen molar-refractivity contribution in [1.82, 2.24) is 5.32 Å². The molecule has 0 heterocycles. The third-order valence-electron chi connectivity index (χ3n) is 3.05. The van der Waals surface area contributed by atoms with Gasteiger partial charge in [-0.3, -0.25) is 4.79 Å². The molecule has 0 aliphatic heterocycles. The van der Waals surface area contributed by atoms with E-state index < -0.39 is 0 Å². The highest BCUT2D eigenvalue weighted by molar-refractivity contribution is 5.87. The van der Waals surface area contributed by atoms with Gasteiger partial charge in [0.1, 0.15) is 6.04 Å². The number of rotatable bonds is 3. The van der Waals surface area contributed by atoms with Crippen LogP contribution in [0.25, 0.3) is 0 Å². The molecule has 2 unspecified atom stereocenters. The molecule has 1 aliphatic rings. The molecule has 0 spiro atoms. The zero-order valence-corrected chi connectivity index (χ0v) is 9.23. The number of nitrogens with zero attached hydrogens (tertiary/aromatic N) is 1. The normalized spacial score (nSPS) is 18.9. The summed E-state index contributed by atoms with van der Waals surface area (Å²) in [6.07, 6.45) is 1.44. The molecule has 1 aromatic rings. The molecule has 0 fully saturated rings. The second kappa shape index (κ2) is 4.36. The summed E-state index contributed by atoms with van der Waals surface area (Å²) >= 11 is 0. The molecule has 0 radical (unpaired) electrons. The van der Waals surface area contributed by atoms with E-state index in [1.807, 2.05) is 31.2 Å². The van der Waals surface area contributed by atoms with Gasteiger partial charge < -0.3 is 5.32 Å². The number of nitriles is 1. The van der Waals surface area contributed by atoms with Crippen molar-refractivity contribution >= 4 is 5.91 Å². The molecule has 0 saturated heterocycles. The van der Waals surface area contributed by atoms with Gasteiger partial charge >= 0.3 is 0 Å². The fraction of sp³-hybridized carbons (Fsp3) is 0.385. The van der Waals surface area contributed by atoms with Crippen molar-refractivity contribution < 1.29 is 4.79 Å². The van der Waals surface area contributed by atoms with Crippen LogP contribution < -0.4 is 5.32 Å². The van der Waals surface area contributed by atoms with E-state index in [2.05, 4.69) is 11.4 Å².